The van der Waals surface area contributed by atoms with Crippen LogP contribution in [0.3, 0.4) is 0 Å². The first-order chi connectivity index (χ1) is 21.5. The molecule has 5 saturated carbocycles. The Bertz CT molecular complexity index is 1220. The quantitative estimate of drug-likeness (QED) is 0.374. The van der Waals surface area contributed by atoms with E-state index in [9.17, 15) is 14.7 Å². The van der Waals surface area contributed by atoms with Crippen LogP contribution in [0.25, 0.3) is 0 Å². The number of hydrogen-bond donors (Lipinski definition) is 1. The van der Waals surface area contributed by atoms with Gasteiger partial charge in [-0.05, 0) is 123 Å². The van der Waals surface area contributed by atoms with E-state index >= 15 is 0 Å². The Balaban J connectivity index is 0.00000386. The highest BCUT2D eigenvalue weighted by atomic mass is 16.7. The topological polar surface area (TPSA) is 97.8 Å². The van der Waals surface area contributed by atoms with Gasteiger partial charge < -0.3 is 33.9 Å². The molecule has 0 radical (unpaired) electrons. The van der Waals surface area contributed by atoms with Crippen molar-refractivity contribution in [2.75, 3.05) is 33.8 Å². The molecule has 262 valence electrons. The van der Waals surface area contributed by atoms with Gasteiger partial charge in [0, 0.05) is 29.0 Å². The molecule has 2 amide bonds. The molecule has 2 heterocycles. The van der Waals surface area contributed by atoms with E-state index in [2.05, 4.69) is 20.8 Å². The summed E-state index contributed by atoms with van der Waals surface area (Å²) in [6.45, 7) is 14.0. The molecule has 0 aromatic carbocycles. The van der Waals surface area contributed by atoms with Gasteiger partial charge in [-0.25, -0.2) is 4.79 Å². The summed E-state index contributed by atoms with van der Waals surface area (Å²) in [6.07, 6.45) is 10.9. The van der Waals surface area contributed by atoms with Crippen LogP contribution in [0.4, 0.5) is 4.79 Å². The molecule has 7 rings (SSSR count). The number of rotatable bonds is 5. The lowest BCUT2D eigenvalue weighted by molar-refractivity contribution is -0.241. The first-order valence-electron chi connectivity index (χ1n) is 18.3. The molecule has 2 aliphatic heterocycles. The molecule has 0 aromatic heterocycles. The summed E-state index contributed by atoms with van der Waals surface area (Å²) >= 11 is 0. The summed E-state index contributed by atoms with van der Waals surface area (Å²) < 4.78 is 25.4. The molecule has 9 unspecified atom stereocenters. The average Bonchev–Trinajstić information content (AvgIpc) is 3.56. The maximum absolute atomic E-state index is 12.6. The molecule has 0 bridgehead atoms. The number of carbonyl (C=O) groups is 2. The Morgan fingerprint density at radius 3 is 2.43 bits per heavy atom. The number of aliphatic hydroxyl groups is 1. The van der Waals surface area contributed by atoms with Crippen LogP contribution in [-0.4, -0.2) is 97.0 Å². The summed E-state index contributed by atoms with van der Waals surface area (Å²) in [5.41, 5.74) is 0.0480. The van der Waals surface area contributed by atoms with Crippen molar-refractivity contribution in [1.82, 2.24) is 9.80 Å². The van der Waals surface area contributed by atoms with Gasteiger partial charge >= 0.3 is 12.0 Å². The Morgan fingerprint density at radius 2 is 1.74 bits per heavy atom. The Labute approximate surface area is 277 Å². The van der Waals surface area contributed by atoms with Crippen LogP contribution in [0.2, 0.25) is 0 Å². The van der Waals surface area contributed by atoms with Gasteiger partial charge in [0.1, 0.15) is 0 Å². The Hall–Kier alpha value is -1.42. The molecular formula is C37H62N2O7. The minimum absolute atomic E-state index is 0. The molecule has 2 saturated heterocycles. The number of ether oxygens (including phenoxy) is 4. The summed E-state index contributed by atoms with van der Waals surface area (Å²) in [5.74, 6) is 2.22. The molecule has 9 heteroatoms. The van der Waals surface area contributed by atoms with E-state index in [4.69, 9.17) is 18.9 Å². The molecular weight excluding hydrogens is 584 g/mol. The number of fused-ring (bicyclic) bond motifs is 4. The second kappa shape index (κ2) is 11.0. The smallest absolute Gasteiger partial charge is 0.319 e. The van der Waals surface area contributed by atoms with Crippen LogP contribution in [0.5, 0.6) is 0 Å². The predicted molar refractivity (Wildman–Crippen MR) is 175 cm³/mol. The van der Waals surface area contributed by atoms with Crippen molar-refractivity contribution in [2.24, 2.45) is 45.3 Å². The van der Waals surface area contributed by atoms with Crippen molar-refractivity contribution in [1.29, 1.82) is 0 Å². The van der Waals surface area contributed by atoms with Crippen LogP contribution < -0.4 is 0 Å². The van der Waals surface area contributed by atoms with E-state index < -0.39 is 11.7 Å². The number of nitrogens with zero attached hydrogens (tertiary/aromatic N) is 2. The minimum atomic E-state index is -1.15. The normalized spacial score (nSPS) is 46.5. The Morgan fingerprint density at radius 1 is 1.00 bits per heavy atom. The highest BCUT2D eigenvalue weighted by Gasteiger charge is 2.80. The van der Waals surface area contributed by atoms with Gasteiger partial charge in [-0.15, -0.1) is 0 Å². The predicted octanol–water partition coefficient (Wildman–Crippen LogP) is 5.87. The molecule has 5 aliphatic carbocycles. The maximum atomic E-state index is 12.6. The van der Waals surface area contributed by atoms with Crippen molar-refractivity contribution in [2.45, 2.75) is 142 Å². The molecule has 1 N–H and O–H groups in total. The van der Waals surface area contributed by atoms with E-state index in [1.165, 1.54) is 45.4 Å². The fourth-order valence-electron chi connectivity index (χ4n) is 12.9. The van der Waals surface area contributed by atoms with Crippen LogP contribution in [-0.2, 0) is 23.7 Å². The summed E-state index contributed by atoms with van der Waals surface area (Å²) in [5, 5.41) is 10.9. The number of esters is 1. The zero-order valence-corrected chi connectivity index (χ0v) is 29.7. The SMILES string of the molecule is CC(=O)O[C@@H](C1CCC2C(CC3C4CCC5C(C)(C)[C@@H](OC6CN(C(=O)N(C)C)CCO6)CCC56C[C@@]46CCC23C)O1)C(C)(C)O.[HH]. The number of amides is 2. The van der Waals surface area contributed by atoms with E-state index in [0.29, 0.717) is 48.3 Å². The second-order valence-corrected chi connectivity index (χ2v) is 18.1. The molecule has 7 aliphatic rings. The van der Waals surface area contributed by atoms with Crippen molar-refractivity contribution < 1.29 is 35.1 Å². The molecule has 9 nitrogen and oxygen atoms in total. The van der Waals surface area contributed by atoms with Gasteiger partial charge in [0.05, 0.1) is 37.1 Å². The van der Waals surface area contributed by atoms with Gasteiger partial charge in [-0.3, -0.25) is 4.79 Å². The summed E-state index contributed by atoms with van der Waals surface area (Å²) in [6, 6.07) is 0.0235. The third kappa shape index (κ3) is 4.90. The number of carbonyl (C=O) groups excluding carboxylic acids is 2. The van der Waals surface area contributed by atoms with Crippen molar-refractivity contribution in [3.05, 3.63) is 0 Å². The van der Waals surface area contributed by atoms with E-state index in [1.807, 2.05) is 4.90 Å². The van der Waals surface area contributed by atoms with E-state index in [1.54, 1.807) is 32.8 Å². The minimum Gasteiger partial charge on any atom is -0.457 e. The van der Waals surface area contributed by atoms with E-state index in [0.717, 1.165) is 31.6 Å². The fraction of sp³-hybridized carbons (Fsp3) is 0.946. The maximum Gasteiger partial charge on any atom is 0.319 e. The lowest BCUT2D eigenvalue weighted by Crippen LogP contribution is -2.57. The fourth-order valence-corrected chi connectivity index (χ4v) is 12.9. The first kappa shape index (κ1) is 33.1. The zero-order chi connectivity index (χ0) is 33.0. The monoisotopic (exact) mass is 646 g/mol. The highest BCUT2D eigenvalue weighted by molar-refractivity contribution is 5.73. The number of urea groups is 1. The van der Waals surface area contributed by atoms with Crippen LogP contribution in [0.15, 0.2) is 0 Å². The van der Waals surface area contributed by atoms with Gasteiger partial charge in [0.25, 0.3) is 0 Å². The third-order valence-electron chi connectivity index (χ3n) is 14.9. The Kier molecular flexibility index (Phi) is 7.95. The third-order valence-corrected chi connectivity index (χ3v) is 14.9. The van der Waals surface area contributed by atoms with Gasteiger partial charge in [0.15, 0.2) is 12.4 Å². The first-order valence-corrected chi connectivity index (χ1v) is 18.3. The van der Waals surface area contributed by atoms with Crippen molar-refractivity contribution >= 4 is 12.0 Å². The molecule has 7 fully saturated rings. The average molecular weight is 647 g/mol. The van der Waals surface area contributed by atoms with Crippen LogP contribution in [0, 0.1) is 45.3 Å². The molecule has 46 heavy (non-hydrogen) atoms. The second-order valence-electron chi connectivity index (χ2n) is 18.1. The van der Waals surface area contributed by atoms with Crippen LogP contribution in [0.1, 0.15) is 107 Å². The molecule has 12 atom stereocenters. The standard InChI is InChI=1S/C37H60N2O7.H2/c1-22(40)44-31(34(4,5)42)26-11-9-24-27(45-26)19-25-23-10-12-28-33(2,3)29(46-30-20-39(17-18-43-30)32(41)38(7)8)13-14-37(28)21-36(23,37)16-15-35(24,25)6;/h23-31,42H,9-21H2,1-8H3;1H/t23?,24?,25?,26?,27?,28?,29-,30?,31-,35?,36-,37?;/m0./s1. The summed E-state index contributed by atoms with van der Waals surface area (Å²) in [7, 11) is 3.60. The van der Waals surface area contributed by atoms with Gasteiger partial charge in [-0.1, -0.05) is 20.8 Å². The molecule has 0 aromatic rings. The van der Waals surface area contributed by atoms with Crippen molar-refractivity contribution in [3.8, 4) is 0 Å². The lowest BCUT2D eigenvalue weighted by Gasteiger charge is -2.60. The van der Waals surface area contributed by atoms with Gasteiger partial charge in [0.2, 0.25) is 0 Å². The van der Waals surface area contributed by atoms with Gasteiger partial charge in [-0.2, -0.15) is 0 Å². The highest BCUT2D eigenvalue weighted by Crippen LogP contribution is 2.87. The zero-order valence-electron chi connectivity index (χ0n) is 29.7. The number of morpholine rings is 1. The lowest BCUT2D eigenvalue weighted by atomic mass is 9.46. The summed E-state index contributed by atoms with van der Waals surface area (Å²) in [4.78, 5) is 28.1. The molecule has 2 spiro atoms. The number of hydrogen-bond acceptors (Lipinski definition) is 7. The van der Waals surface area contributed by atoms with E-state index in [-0.39, 0.29) is 48.9 Å². The van der Waals surface area contributed by atoms with Crippen molar-refractivity contribution in [3.63, 3.8) is 0 Å². The van der Waals surface area contributed by atoms with Crippen LogP contribution >= 0.6 is 0 Å². The largest absolute Gasteiger partial charge is 0.457 e.